The summed E-state index contributed by atoms with van der Waals surface area (Å²) in [6.45, 7) is 1.69. The van der Waals surface area contributed by atoms with E-state index in [0.717, 1.165) is 15.2 Å². The number of rotatable bonds is 4. The predicted octanol–water partition coefficient (Wildman–Crippen LogP) is 4.23. The Morgan fingerprint density at radius 3 is 2.53 bits per heavy atom. The number of fused-ring (bicyclic) bond motifs is 2. The molecule has 0 saturated heterocycles. The van der Waals surface area contributed by atoms with Crippen LogP contribution < -0.4 is 15.0 Å². The van der Waals surface area contributed by atoms with Gasteiger partial charge in [0.2, 0.25) is 0 Å². The molecule has 3 aromatic carbocycles. The van der Waals surface area contributed by atoms with Gasteiger partial charge in [0, 0.05) is 16.1 Å². The highest BCUT2D eigenvalue weighted by Crippen LogP contribution is 2.30. The molecule has 30 heavy (non-hydrogen) atoms. The van der Waals surface area contributed by atoms with Crippen LogP contribution in [0.3, 0.4) is 0 Å². The Labute approximate surface area is 180 Å². The van der Waals surface area contributed by atoms with Crippen LogP contribution in [-0.4, -0.2) is 35.2 Å². The monoisotopic (exact) mass is 467 g/mol. The van der Waals surface area contributed by atoms with Gasteiger partial charge < -0.3 is 14.6 Å². The van der Waals surface area contributed by atoms with Crippen LogP contribution in [0.2, 0.25) is 0 Å². The number of phenols is 1. The number of hydrogen-bond donors (Lipinski definition) is 1. The van der Waals surface area contributed by atoms with Crippen molar-refractivity contribution in [2.24, 2.45) is 5.10 Å². The average molecular weight is 468 g/mol. The second-order valence-electron chi connectivity index (χ2n) is 6.61. The molecular formula is C22H18BrN3O4. The third-order valence-electron chi connectivity index (χ3n) is 4.82. The van der Waals surface area contributed by atoms with Gasteiger partial charge in [-0.05, 0) is 42.0 Å². The number of nitrogens with zero attached hydrogens (tertiary/aromatic N) is 3. The average Bonchev–Trinajstić information content (AvgIpc) is 2.74. The summed E-state index contributed by atoms with van der Waals surface area (Å²) >= 11 is 3.45. The highest BCUT2D eigenvalue weighted by molar-refractivity contribution is 9.10. The molecule has 8 heteroatoms. The number of methoxy groups -OCH3 is 2. The van der Waals surface area contributed by atoms with Crippen molar-refractivity contribution < 1.29 is 14.6 Å². The zero-order chi connectivity index (χ0) is 21.4. The van der Waals surface area contributed by atoms with Crippen molar-refractivity contribution >= 4 is 43.8 Å². The molecule has 0 aliphatic carbocycles. The van der Waals surface area contributed by atoms with Crippen LogP contribution in [-0.2, 0) is 0 Å². The van der Waals surface area contributed by atoms with Crippen LogP contribution in [0, 0.1) is 6.92 Å². The molecule has 4 rings (SSSR count). The number of aromatic hydroxyl groups is 1. The molecule has 1 aromatic heterocycles. The lowest BCUT2D eigenvalue weighted by atomic mass is 10.0. The summed E-state index contributed by atoms with van der Waals surface area (Å²) in [7, 11) is 3.03. The minimum atomic E-state index is -0.350. The molecular weight excluding hydrogens is 450 g/mol. The maximum Gasteiger partial charge on any atom is 0.282 e. The van der Waals surface area contributed by atoms with Gasteiger partial charge in [0.25, 0.3) is 5.56 Å². The van der Waals surface area contributed by atoms with E-state index in [9.17, 15) is 9.90 Å². The summed E-state index contributed by atoms with van der Waals surface area (Å²) in [6, 6.07) is 12.4. The Balaban J connectivity index is 1.89. The summed E-state index contributed by atoms with van der Waals surface area (Å²) in [5.41, 5.74) is 0.648. The zero-order valence-electron chi connectivity index (χ0n) is 16.5. The summed E-state index contributed by atoms with van der Waals surface area (Å²) < 4.78 is 12.7. The van der Waals surface area contributed by atoms with Crippen molar-refractivity contribution in [3.63, 3.8) is 0 Å². The van der Waals surface area contributed by atoms with Crippen molar-refractivity contribution in [1.29, 1.82) is 0 Å². The van der Waals surface area contributed by atoms with E-state index in [1.807, 2.05) is 24.3 Å². The van der Waals surface area contributed by atoms with Gasteiger partial charge in [-0.3, -0.25) is 4.79 Å². The smallest absolute Gasteiger partial charge is 0.282 e. The Morgan fingerprint density at radius 2 is 1.80 bits per heavy atom. The molecule has 0 radical (unpaired) electrons. The fourth-order valence-electron chi connectivity index (χ4n) is 3.32. The van der Waals surface area contributed by atoms with Crippen molar-refractivity contribution in [2.75, 3.05) is 14.2 Å². The van der Waals surface area contributed by atoms with Crippen molar-refractivity contribution in [2.45, 2.75) is 6.92 Å². The molecule has 0 bridgehead atoms. The van der Waals surface area contributed by atoms with E-state index < -0.39 is 0 Å². The Kier molecular flexibility index (Phi) is 5.17. The summed E-state index contributed by atoms with van der Waals surface area (Å²) in [5.74, 6) is 1.39. The van der Waals surface area contributed by atoms with Crippen LogP contribution in [0.1, 0.15) is 11.4 Å². The van der Waals surface area contributed by atoms with Crippen molar-refractivity contribution in [3.8, 4) is 17.2 Å². The van der Waals surface area contributed by atoms with Crippen LogP contribution in [0.25, 0.3) is 21.7 Å². The van der Waals surface area contributed by atoms with Gasteiger partial charge in [-0.25, -0.2) is 4.98 Å². The predicted molar refractivity (Wildman–Crippen MR) is 120 cm³/mol. The maximum atomic E-state index is 13.1. The van der Waals surface area contributed by atoms with Crippen molar-refractivity contribution in [1.82, 2.24) is 9.66 Å². The van der Waals surface area contributed by atoms with Gasteiger partial charge in [0.05, 0.1) is 31.3 Å². The van der Waals surface area contributed by atoms with Crippen LogP contribution in [0.5, 0.6) is 17.2 Å². The van der Waals surface area contributed by atoms with E-state index in [2.05, 4.69) is 26.0 Å². The van der Waals surface area contributed by atoms with Gasteiger partial charge in [-0.15, -0.1) is 0 Å². The molecule has 0 unspecified atom stereocenters. The first-order valence-electron chi connectivity index (χ1n) is 9.04. The lowest BCUT2D eigenvalue weighted by molar-refractivity contribution is 0.355. The second-order valence-corrected chi connectivity index (χ2v) is 7.52. The molecule has 0 amide bonds. The zero-order valence-corrected chi connectivity index (χ0v) is 18.1. The van der Waals surface area contributed by atoms with Gasteiger partial charge in [0.15, 0.2) is 11.5 Å². The number of phenolic OH excluding ortho intramolecular Hbond substituents is 1. The minimum absolute atomic E-state index is 0.0689. The Morgan fingerprint density at radius 1 is 1.07 bits per heavy atom. The molecule has 0 saturated carbocycles. The number of benzene rings is 3. The fraction of sp³-hybridized carbons (Fsp3) is 0.136. The molecule has 1 heterocycles. The van der Waals surface area contributed by atoms with Crippen LogP contribution in [0.15, 0.2) is 56.8 Å². The van der Waals surface area contributed by atoms with Gasteiger partial charge in [-0.1, -0.05) is 28.1 Å². The highest BCUT2D eigenvalue weighted by Gasteiger charge is 2.13. The summed E-state index contributed by atoms with van der Waals surface area (Å²) in [6.07, 6.45) is 1.47. The maximum absolute atomic E-state index is 13.1. The quantitative estimate of drug-likeness (QED) is 0.454. The third-order valence-corrected chi connectivity index (χ3v) is 5.31. The molecule has 0 atom stereocenters. The molecule has 0 aliphatic heterocycles. The highest BCUT2D eigenvalue weighted by atomic mass is 79.9. The molecule has 1 N–H and O–H groups in total. The number of aryl methyl sites for hydroxylation is 1. The Hall–Kier alpha value is -3.39. The van der Waals surface area contributed by atoms with Gasteiger partial charge in [0.1, 0.15) is 11.6 Å². The minimum Gasteiger partial charge on any atom is -0.507 e. The lowest BCUT2D eigenvalue weighted by Gasteiger charge is -2.11. The second kappa shape index (κ2) is 7.79. The SMILES string of the molecule is COc1cc2nc(C)n(N=Cc3c(O)ccc4cc(Br)ccc34)c(=O)c2cc1OC. The summed E-state index contributed by atoms with van der Waals surface area (Å²) in [4.78, 5) is 17.5. The molecule has 7 nitrogen and oxygen atoms in total. The number of ether oxygens (including phenoxy) is 2. The normalized spacial score (nSPS) is 11.5. The third kappa shape index (κ3) is 3.39. The standard InChI is InChI=1S/C22H18BrN3O4/c1-12-25-18-10-21(30-3)20(29-2)9-16(18)22(28)26(12)24-11-17-15-6-5-14(23)8-13(15)4-7-19(17)27/h4-11,27H,1-3H3. The topological polar surface area (TPSA) is 85.9 Å². The van der Waals surface area contributed by atoms with E-state index in [1.165, 1.54) is 25.1 Å². The molecule has 0 fully saturated rings. The Bertz CT molecular complexity index is 1380. The first kappa shape index (κ1) is 19.9. The summed E-state index contributed by atoms with van der Waals surface area (Å²) in [5, 5.41) is 16.8. The molecule has 0 spiro atoms. The first-order chi connectivity index (χ1) is 14.4. The molecule has 4 aromatic rings. The van der Waals surface area contributed by atoms with Crippen LogP contribution >= 0.6 is 15.9 Å². The fourth-order valence-corrected chi connectivity index (χ4v) is 3.69. The van der Waals surface area contributed by atoms with Crippen LogP contribution in [0.4, 0.5) is 0 Å². The number of hydrogen-bond acceptors (Lipinski definition) is 6. The van der Waals surface area contributed by atoms with Gasteiger partial charge in [-0.2, -0.15) is 9.78 Å². The van der Waals surface area contributed by atoms with E-state index in [4.69, 9.17) is 9.47 Å². The lowest BCUT2D eigenvalue weighted by Crippen LogP contribution is -2.20. The van der Waals surface area contributed by atoms with E-state index in [-0.39, 0.29) is 11.3 Å². The molecule has 0 aliphatic rings. The number of halogens is 1. The molecule has 152 valence electrons. The number of aromatic nitrogens is 2. The van der Waals surface area contributed by atoms with E-state index >= 15 is 0 Å². The van der Waals surface area contributed by atoms with E-state index in [1.54, 1.807) is 25.1 Å². The van der Waals surface area contributed by atoms with Crippen molar-refractivity contribution in [3.05, 3.63) is 68.7 Å². The largest absolute Gasteiger partial charge is 0.507 e. The van der Waals surface area contributed by atoms with E-state index in [0.29, 0.717) is 33.8 Å². The first-order valence-corrected chi connectivity index (χ1v) is 9.83. The van der Waals surface area contributed by atoms with Gasteiger partial charge >= 0.3 is 0 Å².